The van der Waals surface area contributed by atoms with Crippen LogP contribution in [0.25, 0.3) is 11.3 Å². The van der Waals surface area contributed by atoms with Crippen molar-refractivity contribution in [3.8, 4) is 22.9 Å². The predicted molar refractivity (Wildman–Crippen MR) is 113 cm³/mol. The molecule has 5 rings (SSSR count). The monoisotopic (exact) mass is 384 g/mol. The standard InChI is InChI=1S/C22H20N6O/c1-26-15-28(21-9-4-3-8-20(21)26)17-10-11-23-22(13-17)29-18-7-5-6-16(12-18)19-14-27(2)25-24-19/h3-14H,15H2,1-2H3. The molecule has 7 nitrogen and oxygen atoms in total. The van der Waals surface area contributed by atoms with Crippen molar-refractivity contribution in [1.82, 2.24) is 20.0 Å². The van der Waals surface area contributed by atoms with Crippen molar-refractivity contribution in [2.75, 3.05) is 23.5 Å². The molecule has 0 saturated heterocycles. The number of pyridine rings is 1. The predicted octanol–water partition coefficient (Wildman–Crippen LogP) is 4.21. The summed E-state index contributed by atoms with van der Waals surface area (Å²) >= 11 is 0. The fourth-order valence-corrected chi connectivity index (χ4v) is 3.54. The quantitative estimate of drug-likeness (QED) is 0.525. The molecule has 0 saturated carbocycles. The van der Waals surface area contributed by atoms with E-state index in [0.717, 1.165) is 23.6 Å². The number of rotatable bonds is 4. The smallest absolute Gasteiger partial charge is 0.221 e. The van der Waals surface area contributed by atoms with Gasteiger partial charge in [0.15, 0.2) is 0 Å². The summed E-state index contributed by atoms with van der Waals surface area (Å²) in [6.07, 6.45) is 3.65. The molecule has 0 unspecified atom stereocenters. The van der Waals surface area contributed by atoms with Gasteiger partial charge in [0, 0.05) is 37.6 Å². The number of ether oxygens (including phenoxy) is 1. The highest BCUT2D eigenvalue weighted by molar-refractivity contribution is 5.82. The van der Waals surface area contributed by atoms with Crippen molar-refractivity contribution in [1.29, 1.82) is 0 Å². The molecule has 0 spiro atoms. The largest absolute Gasteiger partial charge is 0.439 e. The van der Waals surface area contributed by atoms with E-state index >= 15 is 0 Å². The maximum Gasteiger partial charge on any atom is 0.221 e. The Labute approximate surface area is 168 Å². The molecule has 0 N–H and O–H groups in total. The summed E-state index contributed by atoms with van der Waals surface area (Å²) in [6.45, 7) is 0.783. The van der Waals surface area contributed by atoms with Gasteiger partial charge in [0.05, 0.1) is 24.2 Å². The molecule has 4 aromatic rings. The number of hydrogen-bond donors (Lipinski definition) is 0. The van der Waals surface area contributed by atoms with Crippen LogP contribution in [0.5, 0.6) is 11.6 Å². The molecule has 0 atom stereocenters. The molecular formula is C22H20N6O. The van der Waals surface area contributed by atoms with Gasteiger partial charge in [-0.3, -0.25) is 4.68 Å². The lowest BCUT2D eigenvalue weighted by atomic mass is 10.1. The number of para-hydroxylation sites is 2. The Hall–Kier alpha value is -3.87. The van der Waals surface area contributed by atoms with Gasteiger partial charge in [0.2, 0.25) is 5.88 Å². The van der Waals surface area contributed by atoms with Crippen LogP contribution in [0.4, 0.5) is 17.1 Å². The Morgan fingerprint density at radius 2 is 1.79 bits per heavy atom. The SMILES string of the molecule is CN1CN(c2ccnc(Oc3cccc(-c4cn(C)nn4)c3)c2)c2ccccc21. The third-order valence-corrected chi connectivity index (χ3v) is 4.92. The number of anilines is 3. The van der Waals surface area contributed by atoms with E-state index in [1.54, 1.807) is 10.9 Å². The fourth-order valence-electron chi connectivity index (χ4n) is 3.54. The van der Waals surface area contributed by atoms with Gasteiger partial charge >= 0.3 is 0 Å². The first-order valence-electron chi connectivity index (χ1n) is 9.36. The number of fused-ring (bicyclic) bond motifs is 1. The summed E-state index contributed by atoms with van der Waals surface area (Å²) in [5.41, 5.74) is 5.18. The van der Waals surface area contributed by atoms with Gasteiger partial charge in [-0.1, -0.05) is 29.5 Å². The average Bonchev–Trinajstić information content (AvgIpc) is 3.32. The second-order valence-corrected chi connectivity index (χ2v) is 7.02. The zero-order valence-corrected chi connectivity index (χ0v) is 16.2. The maximum absolute atomic E-state index is 6.06. The molecule has 1 aliphatic heterocycles. The van der Waals surface area contributed by atoms with Crippen molar-refractivity contribution >= 4 is 17.1 Å². The van der Waals surface area contributed by atoms with Crippen LogP contribution < -0.4 is 14.5 Å². The first-order valence-corrected chi connectivity index (χ1v) is 9.36. The van der Waals surface area contributed by atoms with Crippen LogP contribution in [0.15, 0.2) is 73.1 Å². The van der Waals surface area contributed by atoms with Crippen LogP contribution in [0.2, 0.25) is 0 Å². The van der Waals surface area contributed by atoms with Gasteiger partial charge in [-0.25, -0.2) is 4.98 Å². The van der Waals surface area contributed by atoms with Gasteiger partial charge in [-0.2, -0.15) is 0 Å². The summed E-state index contributed by atoms with van der Waals surface area (Å²) in [4.78, 5) is 8.87. The van der Waals surface area contributed by atoms with Crippen molar-refractivity contribution in [3.63, 3.8) is 0 Å². The second-order valence-electron chi connectivity index (χ2n) is 7.02. The van der Waals surface area contributed by atoms with Crippen molar-refractivity contribution in [2.45, 2.75) is 0 Å². The number of benzene rings is 2. The van der Waals surface area contributed by atoms with Crippen LogP contribution in [-0.2, 0) is 7.05 Å². The van der Waals surface area contributed by atoms with Crippen molar-refractivity contribution in [3.05, 3.63) is 73.1 Å². The summed E-state index contributed by atoms with van der Waals surface area (Å²) in [5.74, 6) is 1.25. The molecule has 29 heavy (non-hydrogen) atoms. The normalized spacial score (nSPS) is 12.9. The molecular weight excluding hydrogens is 364 g/mol. The zero-order chi connectivity index (χ0) is 19.8. The summed E-state index contributed by atoms with van der Waals surface area (Å²) in [5, 5.41) is 8.15. The van der Waals surface area contributed by atoms with E-state index in [1.165, 1.54) is 11.4 Å². The van der Waals surface area contributed by atoms with Gasteiger partial charge < -0.3 is 14.5 Å². The van der Waals surface area contributed by atoms with Crippen molar-refractivity contribution in [2.24, 2.45) is 7.05 Å². The lowest BCUT2D eigenvalue weighted by Gasteiger charge is -2.19. The second kappa shape index (κ2) is 6.94. The van der Waals surface area contributed by atoms with Gasteiger partial charge in [0.25, 0.3) is 0 Å². The average molecular weight is 384 g/mol. The summed E-state index contributed by atoms with van der Waals surface area (Å²) in [7, 11) is 3.94. The molecule has 0 aliphatic carbocycles. The Morgan fingerprint density at radius 1 is 0.931 bits per heavy atom. The Bertz CT molecular complexity index is 1170. The number of aryl methyl sites for hydroxylation is 1. The Morgan fingerprint density at radius 3 is 2.62 bits per heavy atom. The molecule has 0 fully saturated rings. The van der Waals surface area contributed by atoms with Crippen LogP contribution in [-0.4, -0.2) is 33.7 Å². The van der Waals surface area contributed by atoms with Crippen LogP contribution >= 0.6 is 0 Å². The van der Waals surface area contributed by atoms with E-state index in [1.807, 2.05) is 49.6 Å². The lowest BCUT2D eigenvalue weighted by Crippen LogP contribution is -2.23. The Balaban J connectivity index is 1.42. The number of hydrogen-bond acceptors (Lipinski definition) is 6. The summed E-state index contributed by atoms with van der Waals surface area (Å²) < 4.78 is 7.74. The highest BCUT2D eigenvalue weighted by atomic mass is 16.5. The third-order valence-electron chi connectivity index (χ3n) is 4.92. The molecule has 1 aliphatic rings. The highest BCUT2D eigenvalue weighted by Gasteiger charge is 2.24. The lowest BCUT2D eigenvalue weighted by molar-refractivity contribution is 0.463. The first-order chi connectivity index (χ1) is 14.2. The zero-order valence-electron chi connectivity index (χ0n) is 16.2. The fraction of sp³-hybridized carbons (Fsp3) is 0.136. The minimum atomic E-state index is 0.547. The van der Waals surface area contributed by atoms with Crippen molar-refractivity contribution < 1.29 is 4.74 Å². The molecule has 2 aromatic heterocycles. The Kier molecular flexibility index (Phi) is 4.13. The minimum absolute atomic E-state index is 0.547. The number of aromatic nitrogens is 4. The maximum atomic E-state index is 6.06. The number of nitrogens with zero attached hydrogens (tertiary/aromatic N) is 6. The molecule has 2 aromatic carbocycles. The topological polar surface area (TPSA) is 59.3 Å². The van der Waals surface area contributed by atoms with E-state index in [9.17, 15) is 0 Å². The van der Waals surface area contributed by atoms with E-state index in [2.05, 4.69) is 56.4 Å². The van der Waals surface area contributed by atoms with E-state index in [4.69, 9.17) is 4.74 Å². The molecule has 0 amide bonds. The molecule has 3 heterocycles. The molecule has 0 bridgehead atoms. The van der Waals surface area contributed by atoms with E-state index < -0.39 is 0 Å². The van der Waals surface area contributed by atoms with Crippen LogP contribution in [0, 0.1) is 0 Å². The van der Waals surface area contributed by atoms with Gasteiger partial charge in [0.1, 0.15) is 11.4 Å². The van der Waals surface area contributed by atoms with Crippen LogP contribution in [0.3, 0.4) is 0 Å². The first kappa shape index (κ1) is 17.2. The van der Waals surface area contributed by atoms with E-state index in [-0.39, 0.29) is 0 Å². The van der Waals surface area contributed by atoms with Gasteiger partial charge in [-0.05, 0) is 30.3 Å². The molecule has 144 valence electrons. The minimum Gasteiger partial charge on any atom is -0.439 e. The highest BCUT2D eigenvalue weighted by Crippen LogP contribution is 2.40. The molecule has 0 radical (unpaired) electrons. The summed E-state index contributed by atoms with van der Waals surface area (Å²) in [6, 6.07) is 20.1. The van der Waals surface area contributed by atoms with Crippen LogP contribution in [0.1, 0.15) is 0 Å². The van der Waals surface area contributed by atoms with Gasteiger partial charge in [-0.15, -0.1) is 5.10 Å². The third kappa shape index (κ3) is 3.27. The molecule has 7 heteroatoms. The van der Waals surface area contributed by atoms with E-state index in [0.29, 0.717) is 11.6 Å².